The lowest BCUT2D eigenvalue weighted by Crippen LogP contribution is -2.08. The summed E-state index contributed by atoms with van der Waals surface area (Å²) in [4.78, 5) is 4.04. The Morgan fingerprint density at radius 1 is 1.29 bits per heavy atom. The summed E-state index contributed by atoms with van der Waals surface area (Å²) < 4.78 is 0. The van der Waals surface area contributed by atoms with E-state index in [1.807, 2.05) is 12.1 Å². The predicted octanol–water partition coefficient (Wildman–Crippen LogP) is 3.05. The van der Waals surface area contributed by atoms with Crippen molar-refractivity contribution in [1.82, 2.24) is 4.98 Å². The van der Waals surface area contributed by atoms with Crippen LogP contribution in [0.25, 0.3) is 0 Å². The molecular weight excluding hydrogens is 210 g/mol. The number of nitrogens with zero attached hydrogens (tertiary/aromatic N) is 2. The van der Waals surface area contributed by atoms with Crippen molar-refractivity contribution in [3.63, 3.8) is 0 Å². The van der Waals surface area contributed by atoms with Gasteiger partial charge in [0.25, 0.3) is 0 Å². The molecule has 0 bridgehead atoms. The molecule has 1 saturated carbocycles. The van der Waals surface area contributed by atoms with Gasteiger partial charge in [-0.2, -0.15) is 5.26 Å². The number of hydrogen-bond acceptors (Lipinski definition) is 3. The summed E-state index contributed by atoms with van der Waals surface area (Å²) in [7, 11) is 0. The van der Waals surface area contributed by atoms with E-state index in [-0.39, 0.29) is 0 Å². The summed E-state index contributed by atoms with van der Waals surface area (Å²) in [6.07, 6.45) is 1.72. The molecule has 3 nitrogen and oxygen atoms in total. The lowest BCUT2D eigenvalue weighted by Gasteiger charge is -2.06. The van der Waals surface area contributed by atoms with Gasteiger partial charge in [0.05, 0.1) is 11.9 Å². The van der Waals surface area contributed by atoms with Gasteiger partial charge in [-0.05, 0) is 28.9 Å². The van der Waals surface area contributed by atoms with Gasteiger partial charge in [0, 0.05) is 6.54 Å². The number of pyridine rings is 1. The number of nitriles is 1. The quantitative estimate of drug-likeness (QED) is 0.866. The van der Waals surface area contributed by atoms with E-state index in [4.69, 9.17) is 5.26 Å². The van der Waals surface area contributed by atoms with Gasteiger partial charge in [-0.15, -0.1) is 0 Å². The van der Waals surface area contributed by atoms with E-state index >= 15 is 0 Å². The first-order valence-electron chi connectivity index (χ1n) is 5.99. The molecule has 0 amide bonds. The van der Waals surface area contributed by atoms with E-state index in [0.717, 1.165) is 12.2 Å². The molecule has 90 valence electrons. The van der Waals surface area contributed by atoms with Crippen LogP contribution in [-0.2, 0) is 0 Å². The summed E-state index contributed by atoms with van der Waals surface area (Å²) in [5, 5.41) is 12.1. The van der Waals surface area contributed by atoms with E-state index in [0.29, 0.717) is 22.4 Å². The minimum Gasteiger partial charge on any atom is -0.383 e. The second-order valence-corrected chi connectivity index (χ2v) is 5.92. The van der Waals surface area contributed by atoms with Crippen LogP contribution >= 0.6 is 0 Å². The van der Waals surface area contributed by atoms with Crippen molar-refractivity contribution < 1.29 is 0 Å². The largest absolute Gasteiger partial charge is 0.383 e. The molecule has 1 N–H and O–H groups in total. The fraction of sp³-hybridized carbons (Fsp3) is 0.571. The molecule has 3 heteroatoms. The molecule has 1 fully saturated rings. The number of aromatic nitrogens is 1. The van der Waals surface area contributed by atoms with E-state index in [1.54, 1.807) is 12.3 Å². The van der Waals surface area contributed by atoms with Crippen molar-refractivity contribution in [2.75, 3.05) is 11.9 Å². The van der Waals surface area contributed by atoms with Crippen LogP contribution in [0.2, 0.25) is 0 Å². The lowest BCUT2D eigenvalue weighted by molar-refractivity contribution is 0.457. The molecule has 1 heterocycles. The third-order valence-corrected chi connectivity index (χ3v) is 4.71. The number of anilines is 1. The molecule has 1 aromatic rings. The van der Waals surface area contributed by atoms with Crippen LogP contribution in [-0.4, -0.2) is 11.5 Å². The Bertz CT molecular complexity index is 437. The molecule has 0 aromatic carbocycles. The first-order valence-corrected chi connectivity index (χ1v) is 5.99. The molecule has 0 spiro atoms. The van der Waals surface area contributed by atoms with Gasteiger partial charge < -0.3 is 5.32 Å². The van der Waals surface area contributed by atoms with E-state index in [1.165, 1.54) is 0 Å². The second kappa shape index (κ2) is 3.73. The zero-order valence-electron chi connectivity index (χ0n) is 10.9. The van der Waals surface area contributed by atoms with Crippen LogP contribution in [0, 0.1) is 28.1 Å². The fourth-order valence-corrected chi connectivity index (χ4v) is 2.63. The third-order valence-electron chi connectivity index (χ3n) is 4.71. The van der Waals surface area contributed by atoms with Crippen molar-refractivity contribution in [2.45, 2.75) is 27.7 Å². The first-order chi connectivity index (χ1) is 7.89. The van der Waals surface area contributed by atoms with Crippen molar-refractivity contribution in [2.24, 2.45) is 16.7 Å². The van der Waals surface area contributed by atoms with Crippen molar-refractivity contribution in [3.05, 3.63) is 24.0 Å². The maximum atomic E-state index is 8.66. The molecule has 0 atom stereocenters. The standard InChI is InChI=1S/C14H19N3/c1-13(2)12(14(13,3)4)9-17-11-6-5-10(7-15)16-8-11/h5-6,8,12,17H,9H2,1-4H3. The van der Waals surface area contributed by atoms with E-state index in [2.05, 4.69) is 38.0 Å². The van der Waals surface area contributed by atoms with E-state index in [9.17, 15) is 0 Å². The molecular formula is C14H19N3. The zero-order valence-corrected chi connectivity index (χ0v) is 10.9. The van der Waals surface area contributed by atoms with Gasteiger partial charge in [0.1, 0.15) is 11.8 Å². The smallest absolute Gasteiger partial charge is 0.140 e. The average molecular weight is 229 g/mol. The van der Waals surface area contributed by atoms with Crippen LogP contribution < -0.4 is 5.32 Å². The Labute approximate surface area is 103 Å². The highest BCUT2D eigenvalue weighted by molar-refractivity contribution is 5.43. The summed E-state index contributed by atoms with van der Waals surface area (Å²) in [6.45, 7) is 10.2. The third kappa shape index (κ3) is 1.88. The summed E-state index contributed by atoms with van der Waals surface area (Å²) in [5.74, 6) is 0.686. The molecule has 0 saturated heterocycles. The monoisotopic (exact) mass is 229 g/mol. The van der Waals surface area contributed by atoms with Crippen LogP contribution in [0.1, 0.15) is 33.4 Å². The number of hydrogen-bond donors (Lipinski definition) is 1. The van der Waals surface area contributed by atoms with Gasteiger partial charge in [0.15, 0.2) is 0 Å². The second-order valence-electron chi connectivity index (χ2n) is 5.92. The Kier molecular flexibility index (Phi) is 2.61. The normalized spacial score (nSPS) is 20.6. The molecule has 2 rings (SSSR count). The Balaban J connectivity index is 1.94. The maximum absolute atomic E-state index is 8.66. The summed E-state index contributed by atoms with van der Waals surface area (Å²) in [6, 6.07) is 5.67. The van der Waals surface area contributed by atoms with Gasteiger partial charge in [-0.1, -0.05) is 27.7 Å². The van der Waals surface area contributed by atoms with Crippen LogP contribution in [0.5, 0.6) is 0 Å². The van der Waals surface area contributed by atoms with Crippen molar-refractivity contribution in [3.8, 4) is 6.07 Å². The van der Waals surface area contributed by atoms with E-state index < -0.39 is 0 Å². The minimum atomic E-state index is 0.403. The zero-order chi connectivity index (χ0) is 12.7. The SMILES string of the molecule is CC1(C)C(CNc2ccc(C#N)nc2)C1(C)C. The van der Waals surface area contributed by atoms with Crippen molar-refractivity contribution in [1.29, 1.82) is 5.26 Å². The summed E-state index contributed by atoms with van der Waals surface area (Å²) >= 11 is 0. The molecule has 1 aliphatic carbocycles. The van der Waals surface area contributed by atoms with Crippen molar-refractivity contribution >= 4 is 5.69 Å². The highest BCUT2D eigenvalue weighted by atomic mass is 14.9. The van der Waals surface area contributed by atoms with Crippen LogP contribution in [0.4, 0.5) is 5.69 Å². The molecule has 1 aromatic heterocycles. The lowest BCUT2D eigenvalue weighted by atomic mass is 10.0. The van der Waals surface area contributed by atoms with Crippen LogP contribution in [0.3, 0.4) is 0 Å². The predicted molar refractivity (Wildman–Crippen MR) is 68.5 cm³/mol. The molecule has 17 heavy (non-hydrogen) atoms. The van der Waals surface area contributed by atoms with Gasteiger partial charge in [0.2, 0.25) is 0 Å². The molecule has 0 aliphatic heterocycles. The topological polar surface area (TPSA) is 48.7 Å². The van der Waals surface area contributed by atoms with Gasteiger partial charge in [-0.3, -0.25) is 0 Å². The Morgan fingerprint density at radius 2 is 1.94 bits per heavy atom. The highest BCUT2D eigenvalue weighted by Gasteiger charge is 2.63. The molecule has 0 radical (unpaired) electrons. The maximum Gasteiger partial charge on any atom is 0.140 e. The number of rotatable bonds is 3. The van der Waals surface area contributed by atoms with Crippen LogP contribution in [0.15, 0.2) is 18.3 Å². The number of nitrogens with one attached hydrogen (secondary N) is 1. The average Bonchev–Trinajstić information content (AvgIpc) is 2.68. The van der Waals surface area contributed by atoms with Gasteiger partial charge >= 0.3 is 0 Å². The Hall–Kier alpha value is -1.56. The minimum absolute atomic E-state index is 0.403. The highest BCUT2D eigenvalue weighted by Crippen LogP contribution is 2.68. The molecule has 0 unspecified atom stereocenters. The fourth-order valence-electron chi connectivity index (χ4n) is 2.63. The summed E-state index contributed by atoms with van der Waals surface area (Å²) in [5.41, 5.74) is 2.25. The Morgan fingerprint density at radius 3 is 2.35 bits per heavy atom. The van der Waals surface area contributed by atoms with Gasteiger partial charge in [-0.25, -0.2) is 4.98 Å². The first kappa shape index (κ1) is 11.9. The molecule has 1 aliphatic rings.